The first kappa shape index (κ1) is 33.9. The van der Waals surface area contributed by atoms with E-state index in [4.69, 9.17) is 31.2 Å². The number of aryl methyl sites for hydroxylation is 1. The van der Waals surface area contributed by atoms with E-state index >= 15 is 0 Å². The van der Waals surface area contributed by atoms with Crippen molar-refractivity contribution < 1.29 is 14.3 Å². The van der Waals surface area contributed by atoms with Gasteiger partial charge in [0.2, 0.25) is 11.1 Å². The van der Waals surface area contributed by atoms with Gasteiger partial charge in [-0.05, 0) is 89.6 Å². The summed E-state index contributed by atoms with van der Waals surface area (Å²) in [6.45, 7) is 8.70. The zero-order valence-electron chi connectivity index (χ0n) is 26.7. The molecule has 0 saturated carbocycles. The maximum absolute atomic E-state index is 14.2. The van der Waals surface area contributed by atoms with Gasteiger partial charge in [0.15, 0.2) is 11.5 Å². The van der Waals surface area contributed by atoms with Crippen molar-refractivity contribution in [3.05, 3.63) is 97.6 Å². The molecule has 242 valence electrons. The lowest BCUT2D eigenvalue weighted by Crippen LogP contribution is -2.31. The first-order valence-corrected chi connectivity index (χ1v) is 17.6. The molecule has 46 heavy (non-hydrogen) atoms. The van der Waals surface area contributed by atoms with Crippen LogP contribution < -0.4 is 20.1 Å². The molecule has 1 atom stereocenters. The molecule has 4 aromatic rings. The number of nitrogens with one attached hydrogen (secondary N) is 2. The Balaban J connectivity index is 1.53. The zero-order valence-corrected chi connectivity index (χ0v) is 29.9. The van der Waals surface area contributed by atoms with Crippen LogP contribution in [0.1, 0.15) is 67.8 Å². The minimum absolute atomic E-state index is 0.235. The highest BCUT2D eigenvalue weighted by Crippen LogP contribution is 2.43. The Morgan fingerprint density at radius 1 is 1.11 bits per heavy atom. The van der Waals surface area contributed by atoms with E-state index in [1.807, 2.05) is 75.4 Å². The molecule has 1 amide bonds. The van der Waals surface area contributed by atoms with Crippen molar-refractivity contribution in [2.24, 2.45) is 0 Å². The van der Waals surface area contributed by atoms with Crippen LogP contribution in [0, 0.1) is 13.8 Å². The molecule has 0 radical (unpaired) electrons. The normalized spacial score (nSPS) is 14.1. The van der Waals surface area contributed by atoms with Crippen molar-refractivity contribution in [2.75, 3.05) is 24.4 Å². The minimum Gasteiger partial charge on any atom is -0.493 e. The number of fused-ring (bicyclic) bond motifs is 1. The molecule has 8 nitrogen and oxygen atoms in total. The van der Waals surface area contributed by atoms with Gasteiger partial charge in [-0.2, -0.15) is 4.98 Å². The third-order valence-corrected chi connectivity index (χ3v) is 9.90. The summed E-state index contributed by atoms with van der Waals surface area (Å²) in [7, 11) is 1.62. The van der Waals surface area contributed by atoms with E-state index in [1.165, 1.54) is 18.2 Å². The van der Waals surface area contributed by atoms with Gasteiger partial charge in [0.25, 0.3) is 5.91 Å². The number of unbranched alkanes of at least 4 members (excludes halogenated alkanes) is 3. The molecule has 11 heteroatoms. The number of anilines is 2. The molecule has 1 aromatic heterocycles. The van der Waals surface area contributed by atoms with Crippen LogP contribution in [0.15, 0.2) is 75.5 Å². The molecule has 1 aliphatic heterocycles. The smallest absolute Gasteiger partial charge is 0.255 e. The number of amides is 1. The lowest BCUT2D eigenvalue weighted by Gasteiger charge is -2.29. The van der Waals surface area contributed by atoms with Gasteiger partial charge in [-0.15, -0.1) is 5.10 Å². The SMILES string of the molecule is CCCCCCOc1c(Br)cc(C2C(C(=O)Nc3cccc(C)c3C)=C(C)Nc3nc(SCc4ccccc4Cl)nn32)cc1OC. The van der Waals surface area contributed by atoms with Crippen molar-refractivity contribution in [2.45, 2.75) is 70.3 Å². The number of halogens is 2. The summed E-state index contributed by atoms with van der Waals surface area (Å²) in [6.07, 6.45) is 4.40. The quantitative estimate of drug-likeness (QED) is 0.105. The van der Waals surface area contributed by atoms with Crippen LogP contribution in [0.4, 0.5) is 11.6 Å². The fourth-order valence-corrected chi connectivity index (χ4v) is 7.06. The lowest BCUT2D eigenvalue weighted by molar-refractivity contribution is -0.113. The molecular formula is C35H39BrClN5O3S. The van der Waals surface area contributed by atoms with Crippen molar-refractivity contribution in [3.8, 4) is 11.5 Å². The molecule has 2 N–H and O–H groups in total. The zero-order chi connectivity index (χ0) is 32.8. The molecule has 1 unspecified atom stereocenters. The third-order valence-electron chi connectivity index (χ3n) is 8.06. The molecule has 2 heterocycles. The molecule has 1 aliphatic rings. The number of nitrogens with zero attached hydrogens (tertiary/aromatic N) is 3. The number of carbonyl (C=O) groups is 1. The Morgan fingerprint density at radius 2 is 1.91 bits per heavy atom. The average Bonchev–Trinajstić information content (AvgIpc) is 3.44. The predicted molar refractivity (Wildman–Crippen MR) is 190 cm³/mol. The summed E-state index contributed by atoms with van der Waals surface area (Å²) < 4.78 is 14.5. The number of allylic oxidation sites excluding steroid dienone is 1. The fraction of sp³-hybridized carbons (Fsp3) is 0.343. The molecule has 0 spiro atoms. The highest BCUT2D eigenvalue weighted by molar-refractivity contribution is 9.10. The summed E-state index contributed by atoms with van der Waals surface area (Å²) in [4.78, 5) is 19.0. The largest absolute Gasteiger partial charge is 0.493 e. The van der Waals surface area contributed by atoms with Crippen LogP contribution in [0.3, 0.4) is 0 Å². The second-order valence-electron chi connectivity index (χ2n) is 11.3. The first-order chi connectivity index (χ1) is 22.2. The summed E-state index contributed by atoms with van der Waals surface area (Å²) in [6, 6.07) is 16.9. The molecular weight excluding hydrogens is 686 g/mol. The number of rotatable bonds is 13. The molecule has 0 fully saturated rings. The number of thioether (sulfide) groups is 1. The van der Waals surface area contributed by atoms with Crippen LogP contribution in [-0.2, 0) is 10.5 Å². The Hall–Kier alpha value is -3.47. The molecule has 0 saturated heterocycles. The monoisotopic (exact) mass is 723 g/mol. The summed E-state index contributed by atoms with van der Waals surface area (Å²) >= 11 is 11.6. The number of methoxy groups -OCH3 is 1. The fourth-order valence-electron chi connectivity index (χ4n) is 5.37. The van der Waals surface area contributed by atoms with E-state index in [9.17, 15) is 4.79 Å². The molecule has 0 bridgehead atoms. The first-order valence-electron chi connectivity index (χ1n) is 15.4. The van der Waals surface area contributed by atoms with E-state index < -0.39 is 6.04 Å². The van der Waals surface area contributed by atoms with Gasteiger partial charge >= 0.3 is 0 Å². The minimum atomic E-state index is -0.604. The Morgan fingerprint density at radius 3 is 2.67 bits per heavy atom. The van der Waals surface area contributed by atoms with Gasteiger partial charge in [0, 0.05) is 22.2 Å². The van der Waals surface area contributed by atoms with Crippen LogP contribution in [0.2, 0.25) is 5.02 Å². The van der Waals surface area contributed by atoms with Gasteiger partial charge in [0.05, 0.1) is 23.8 Å². The van der Waals surface area contributed by atoms with Crippen molar-refractivity contribution >= 4 is 56.8 Å². The summed E-state index contributed by atoms with van der Waals surface area (Å²) in [5, 5.41) is 12.7. The van der Waals surface area contributed by atoms with Crippen LogP contribution in [0.25, 0.3) is 0 Å². The van der Waals surface area contributed by atoms with Gasteiger partial charge in [-0.25, -0.2) is 4.68 Å². The molecule has 3 aromatic carbocycles. The third kappa shape index (κ3) is 7.56. The van der Waals surface area contributed by atoms with Crippen molar-refractivity contribution in [3.63, 3.8) is 0 Å². The highest BCUT2D eigenvalue weighted by atomic mass is 79.9. The van der Waals surface area contributed by atoms with Gasteiger partial charge < -0.3 is 20.1 Å². The standard InChI is InChI=1S/C35H39BrClN5O3S/c1-6-7-8-11-17-45-32-26(36)18-25(19-29(32)44-5)31-30(33(43)39-28-16-12-13-21(2)22(28)3)23(4)38-34-40-35(41-42(31)34)46-20-24-14-9-10-15-27(24)37/h9-10,12-16,18-19,31H,6-8,11,17,20H2,1-5H3,(H,39,43)(H,38,40,41). The Kier molecular flexibility index (Phi) is 11.4. The molecule has 5 rings (SSSR count). The number of carbonyl (C=O) groups excluding carboxylic acids is 1. The highest BCUT2D eigenvalue weighted by Gasteiger charge is 2.35. The topological polar surface area (TPSA) is 90.3 Å². The van der Waals surface area contributed by atoms with Gasteiger partial charge in [0.1, 0.15) is 6.04 Å². The number of ether oxygens (including phenoxy) is 2. The second-order valence-corrected chi connectivity index (χ2v) is 13.5. The van der Waals surface area contributed by atoms with Crippen molar-refractivity contribution in [1.29, 1.82) is 0 Å². The predicted octanol–water partition coefficient (Wildman–Crippen LogP) is 9.50. The number of hydrogen-bond donors (Lipinski definition) is 2. The van der Waals surface area contributed by atoms with E-state index in [0.717, 1.165) is 51.7 Å². The summed E-state index contributed by atoms with van der Waals surface area (Å²) in [5.41, 5.74) is 5.86. The van der Waals surface area contributed by atoms with E-state index in [2.05, 4.69) is 33.5 Å². The maximum atomic E-state index is 14.2. The number of hydrogen-bond acceptors (Lipinski definition) is 7. The van der Waals surface area contributed by atoms with Gasteiger partial charge in [-0.3, -0.25) is 4.79 Å². The molecule has 0 aliphatic carbocycles. The Bertz CT molecular complexity index is 1760. The summed E-state index contributed by atoms with van der Waals surface area (Å²) in [5.74, 6) is 2.11. The van der Waals surface area contributed by atoms with Gasteiger partial charge in [-0.1, -0.05) is 79.9 Å². The number of benzene rings is 3. The van der Waals surface area contributed by atoms with E-state index in [0.29, 0.717) is 51.3 Å². The number of aromatic nitrogens is 3. The van der Waals surface area contributed by atoms with Crippen molar-refractivity contribution in [1.82, 2.24) is 14.8 Å². The van der Waals surface area contributed by atoms with Crippen LogP contribution in [-0.4, -0.2) is 34.4 Å². The maximum Gasteiger partial charge on any atom is 0.255 e. The Labute approximate surface area is 288 Å². The van der Waals surface area contributed by atoms with E-state index in [1.54, 1.807) is 11.8 Å². The second kappa shape index (κ2) is 15.4. The average molecular weight is 725 g/mol. The lowest BCUT2D eigenvalue weighted by atomic mass is 9.94. The van der Waals surface area contributed by atoms with Crippen LogP contribution >= 0.6 is 39.3 Å². The van der Waals surface area contributed by atoms with Crippen LogP contribution in [0.5, 0.6) is 11.5 Å². The van der Waals surface area contributed by atoms with E-state index in [-0.39, 0.29) is 5.91 Å².